The Bertz CT molecular complexity index is 575. The van der Waals surface area contributed by atoms with Gasteiger partial charge in [0.1, 0.15) is 0 Å². The number of sulfone groups is 1. The fraction of sp³-hybridized carbons (Fsp3) is 0.500. The molecule has 0 spiro atoms. The van der Waals surface area contributed by atoms with Gasteiger partial charge in [0.2, 0.25) is 0 Å². The van der Waals surface area contributed by atoms with Gasteiger partial charge in [0.15, 0.2) is 14.6 Å². The first kappa shape index (κ1) is 13.1. The molecule has 1 aliphatic carbocycles. The van der Waals surface area contributed by atoms with Crippen LogP contribution in [0.25, 0.3) is 0 Å². The Morgan fingerprint density at radius 2 is 1.89 bits per heavy atom. The van der Waals surface area contributed by atoms with Gasteiger partial charge in [0.05, 0.1) is 11.0 Å². The molecule has 0 aliphatic heterocycles. The normalized spacial score (nSPS) is 27.3. The second-order valence-electron chi connectivity index (χ2n) is 5.11. The van der Waals surface area contributed by atoms with Gasteiger partial charge in [-0.3, -0.25) is 0 Å². The van der Waals surface area contributed by atoms with Crippen molar-refractivity contribution in [2.45, 2.75) is 42.8 Å². The zero-order valence-electron chi connectivity index (χ0n) is 10.7. The number of rotatable bonds is 3. The number of benzene rings is 1. The maximum Gasteiger partial charge on any atom is 0.197 e. The summed E-state index contributed by atoms with van der Waals surface area (Å²) in [6, 6.07) is 8.79. The molecule has 0 N–H and O–H groups in total. The fourth-order valence-electron chi connectivity index (χ4n) is 2.48. The smallest absolute Gasteiger partial charge is 0.197 e. The zero-order valence-corrected chi connectivity index (χ0v) is 11.5. The van der Waals surface area contributed by atoms with Crippen molar-refractivity contribution < 1.29 is 8.42 Å². The maximum atomic E-state index is 12.5. The van der Waals surface area contributed by atoms with E-state index < -0.39 is 14.6 Å². The van der Waals surface area contributed by atoms with Crippen LogP contribution in [0.4, 0.5) is 0 Å². The minimum atomic E-state index is -3.53. The molecule has 0 saturated heterocycles. The summed E-state index contributed by atoms with van der Waals surface area (Å²) >= 11 is 0. The molecule has 3 nitrogen and oxygen atoms in total. The van der Waals surface area contributed by atoms with Crippen LogP contribution in [0.3, 0.4) is 0 Å². The average Bonchev–Trinajstić information content (AvgIpc) is 2.29. The Balaban J connectivity index is 2.37. The van der Waals surface area contributed by atoms with Crippen LogP contribution >= 0.6 is 0 Å². The number of hydrogen-bond donors (Lipinski definition) is 0. The Hall–Kier alpha value is -1.34. The van der Waals surface area contributed by atoms with E-state index in [1.165, 1.54) is 0 Å². The molecule has 1 aromatic rings. The highest BCUT2D eigenvalue weighted by Gasteiger charge is 2.54. The van der Waals surface area contributed by atoms with Crippen molar-refractivity contribution in [2.24, 2.45) is 5.92 Å². The summed E-state index contributed by atoms with van der Waals surface area (Å²) in [6.07, 6.45) is 1.87. The van der Waals surface area contributed by atoms with E-state index in [-0.39, 0.29) is 4.90 Å². The fourth-order valence-corrected chi connectivity index (χ4v) is 4.45. The Kier molecular flexibility index (Phi) is 3.20. The number of aryl methyl sites for hydroxylation is 1. The zero-order chi connectivity index (χ0) is 13.4. The summed E-state index contributed by atoms with van der Waals surface area (Å²) in [5, 5.41) is 9.27. The van der Waals surface area contributed by atoms with Crippen LogP contribution in [0.5, 0.6) is 0 Å². The second-order valence-corrected chi connectivity index (χ2v) is 7.36. The van der Waals surface area contributed by atoms with E-state index >= 15 is 0 Å². The van der Waals surface area contributed by atoms with Gasteiger partial charge in [-0.1, -0.05) is 31.0 Å². The Morgan fingerprint density at radius 1 is 1.33 bits per heavy atom. The monoisotopic (exact) mass is 263 g/mol. The van der Waals surface area contributed by atoms with E-state index in [4.69, 9.17) is 0 Å². The molecule has 0 aromatic heterocycles. The summed E-state index contributed by atoms with van der Waals surface area (Å²) in [4.78, 5) is 0.268. The quantitative estimate of drug-likeness (QED) is 0.842. The van der Waals surface area contributed by atoms with Gasteiger partial charge in [-0.25, -0.2) is 8.42 Å². The van der Waals surface area contributed by atoms with E-state index in [0.29, 0.717) is 18.8 Å². The van der Waals surface area contributed by atoms with Gasteiger partial charge in [0, 0.05) is 0 Å². The third kappa shape index (κ3) is 1.83. The molecule has 1 fully saturated rings. The topological polar surface area (TPSA) is 57.9 Å². The van der Waals surface area contributed by atoms with E-state index in [9.17, 15) is 13.7 Å². The van der Waals surface area contributed by atoms with Gasteiger partial charge in [-0.15, -0.1) is 0 Å². The van der Waals surface area contributed by atoms with Crippen molar-refractivity contribution in [1.82, 2.24) is 0 Å². The molecule has 0 amide bonds. The maximum absolute atomic E-state index is 12.5. The lowest BCUT2D eigenvalue weighted by molar-refractivity contribution is 0.256. The predicted octanol–water partition coefficient (Wildman–Crippen LogP) is 2.85. The van der Waals surface area contributed by atoms with Crippen molar-refractivity contribution in [3.8, 4) is 6.07 Å². The van der Waals surface area contributed by atoms with Gasteiger partial charge >= 0.3 is 0 Å². The van der Waals surface area contributed by atoms with Crippen LogP contribution in [-0.4, -0.2) is 13.2 Å². The SMILES string of the molecule is CCC1CC(C#N)(S(=O)(=O)c2ccc(C)cc2)C1. The van der Waals surface area contributed by atoms with Gasteiger partial charge in [0.25, 0.3) is 0 Å². The third-order valence-electron chi connectivity index (χ3n) is 3.86. The second kappa shape index (κ2) is 4.40. The molecule has 0 atom stereocenters. The number of hydrogen-bond acceptors (Lipinski definition) is 3. The molecule has 0 radical (unpaired) electrons. The van der Waals surface area contributed by atoms with E-state index in [0.717, 1.165) is 12.0 Å². The first-order valence-corrected chi connectivity index (χ1v) is 7.66. The molecule has 0 unspecified atom stereocenters. The van der Waals surface area contributed by atoms with Crippen molar-refractivity contribution in [1.29, 1.82) is 5.26 Å². The number of nitrogens with zero attached hydrogens (tertiary/aromatic N) is 1. The van der Waals surface area contributed by atoms with E-state index in [1.807, 2.05) is 19.9 Å². The molecule has 1 aliphatic rings. The Morgan fingerprint density at radius 3 is 2.33 bits per heavy atom. The summed E-state index contributed by atoms with van der Waals surface area (Å²) in [6.45, 7) is 3.94. The molecule has 0 bridgehead atoms. The first-order valence-electron chi connectivity index (χ1n) is 6.18. The standard InChI is InChI=1S/C14H17NO2S/c1-3-12-8-14(9-12,10-15)18(16,17)13-6-4-11(2)5-7-13/h4-7,12H,3,8-9H2,1-2H3. The molecule has 2 rings (SSSR count). The lowest BCUT2D eigenvalue weighted by Gasteiger charge is -2.41. The van der Waals surface area contributed by atoms with Crippen molar-refractivity contribution in [3.05, 3.63) is 29.8 Å². The first-order chi connectivity index (χ1) is 8.45. The van der Waals surface area contributed by atoms with Crippen molar-refractivity contribution in [2.75, 3.05) is 0 Å². The van der Waals surface area contributed by atoms with Crippen LogP contribution < -0.4 is 0 Å². The minimum Gasteiger partial charge on any atom is -0.222 e. The van der Waals surface area contributed by atoms with E-state index in [1.54, 1.807) is 24.3 Å². The molecule has 0 heterocycles. The predicted molar refractivity (Wildman–Crippen MR) is 69.7 cm³/mol. The lowest BCUT2D eigenvalue weighted by Crippen LogP contribution is -2.49. The molecule has 1 aromatic carbocycles. The van der Waals surface area contributed by atoms with Crippen LogP contribution in [0.1, 0.15) is 31.7 Å². The summed E-state index contributed by atoms with van der Waals surface area (Å²) in [5.74, 6) is 0.366. The van der Waals surface area contributed by atoms with Crippen LogP contribution in [0.15, 0.2) is 29.2 Å². The minimum absolute atomic E-state index is 0.268. The van der Waals surface area contributed by atoms with Crippen molar-refractivity contribution in [3.63, 3.8) is 0 Å². The lowest BCUT2D eigenvalue weighted by atomic mass is 9.73. The average molecular weight is 263 g/mol. The molecule has 1 saturated carbocycles. The van der Waals surface area contributed by atoms with Crippen molar-refractivity contribution >= 4 is 9.84 Å². The Labute approximate surface area is 108 Å². The largest absolute Gasteiger partial charge is 0.222 e. The van der Waals surface area contributed by atoms with Gasteiger partial charge < -0.3 is 0 Å². The molecular formula is C14H17NO2S. The number of nitriles is 1. The third-order valence-corrected chi connectivity index (χ3v) is 6.21. The summed E-state index contributed by atoms with van der Waals surface area (Å²) in [5.41, 5.74) is 1.01. The molecule has 4 heteroatoms. The highest BCUT2D eigenvalue weighted by atomic mass is 32.2. The highest BCUT2D eigenvalue weighted by molar-refractivity contribution is 7.93. The summed E-state index contributed by atoms with van der Waals surface area (Å²) < 4.78 is 23.8. The molecular weight excluding hydrogens is 246 g/mol. The van der Waals surface area contributed by atoms with Crippen LogP contribution in [0, 0.1) is 24.2 Å². The van der Waals surface area contributed by atoms with Gasteiger partial charge in [-0.2, -0.15) is 5.26 Å². The van der Waals surface area contributed by atoms with Gasteiger partial charge in [-0.05, 0) is 37.8 Å². The molecule has 96 valence electrons. The van der Waals surface area contributed by atoms with Crippen LogP contribution in [0.2, 0.25) is 0 Å². The molecule has 18 heavy (non-hydrogen) atoms. The van der Waals surface area contributed by atoms with E-state index in [2.05, 4.69) is 0 Å². The summed E-state index contributed by atoms with van der Waals surface area (Å²) in [7, 11) is -3.53. The highest BCUT2D eigenvalue weighted by Crippen LogP contribution is 2.47. The van der Waals surface area contributed by atoms with Crippen LogP contribution in [-0.2, 0) is 9.84 Å².